The lowest BCUT2D eigenvalue weighted by Gasteiger charge is -2.16. The smallest absolute Gasteiger partial charge is 0.139 e. The number of benzene rings is 2. The molecule has 0 amide bonds. The van der Waals surface area contributed by atoms with Crippen LogP contribution in [0.4, 0.5) is 14.5 Å². The zero-order chi connectivity index (χ0) is 13.1. The summed E-state index contributed by atoms with van der Waals surface area (Å²) in [6.07, 6.45) is 0. The molecule has 2 rings (SSSR count). The third-order valence-electron chi connectivity index (χ3n) is 2.65. The van der Waals surface area contributed by atoms with Gasteiger partial charge in [-0.25, -0.2) is 8.78 Å². The summed E-state index contributed by atoms with van der Waals surface area (Å²) in [5.74, 6) is -0.602. The monoisotopic (exact) mass is 311 g/mol. The van der Waals surface area contributed by atoms with Gasteiger partial charge in [-0.15, -0.1) is 0 Å². The summed E-state index contributed by atoms with van der Waals surface area (Å²) in [5, 5.41) is 3.13. The molecule has 0 spiro atoms. The molecule has 4 heteroatoms. The molecule has 2 aromatic rings. The summed E-state index contributed by atoms with van der Waals surface area (Å²) in [4.78, 5) is 0. The van der Waals surface area contributed by atoms with Crippen molar-refractivity contribution in [3.63, 3.8) is 0 Å². The van der Waals surface area contributed by atoms with Crippen LogP contribution in [-0.4, -0.2) is 0 Å². The van der Waals surface area contributed by atoms with Crippen molar-refractivity contribution in [3.8, 4) is 0 Å². The zero-order valence-electron chi connectivity index (χ0n) is 9.75. The molecule has 0 aliphatic heterocycles. The summed E-state index contributed by atoms with van der Waals surface area (Å²) < 4.78 is 26.9. The molecule has 0 fully saturated rings. The van der Waals surface area contributed by atoms with Gasteiger partial charge in [0.05, 0.1) is 4.47 Å². The molecule has 1 atom stereocenters. The molecular weight excluding hydrogens is 300 g/mol. The first-order chi connectivity index (χ1) is 8.56. The van der Waals surface area contributed by atoms with Gasteiger partial charge < -0.3 is 5.32 Å². The summed E-state index contributed by atoms with van der Waals surface area (Å²) in [7, 11) is 0. The van der Waals surface area contributed by atoms with Gasteiger partial charge in [0.15, 0.2) is 0 Å². The molecular formula is C14H12BrF2N. The molecule has 2 aromatic carbocycles. The fourth-order valence-electron chi connectivity index (χ4n) is 1.70. The number of hydrogen-bond acceptors (Lipinski definition) is 1. The van der Waals surface area contributed by atoms with Crippen LogP contribution >= 0.6 is 15.9 Å². The van der Waals surface area contributed by atoms with Crippen LogP contribution in [-0.2, 0) is 0 Å². The maximum Gasteiger partial charge on any atom is 0.139 e. The van der Waals surface area contributed by atoms with Crippen molar-refractivity contribution >= 4 is 21.6 Å². The molecule has 0 aromatic heterocycles. The standard InChI is InChI=1S/C14H12BrF2N/c1-9(10-3-2-4-11(16)7-10)18-12-5-6-13(15)14(17)8-12/h2-9,18H,1H3. The normalized spacial score (nSPS) is 12.2. The lowest BCUT2D eigenvalue weighted by Crippen LogP contribution is -2.07. The Morgan fingerprint density at radius 3 is 2.56 bits per heavy atom. The van der Waals surface area contributed by atoms with Gasteiger partial charge in [-0.1, -0.05) is 12.1 Å². The largest absolute Gasteiger partial charge is 0.378 e. The van der Waals surface area contributed by atoms with Gasteiger partial charge in [-0.2, -0.15) is 0 Å². The number of hydrogen-bond donors (Lipinski definition) is 1. The van der Waals surface area contributed by atoms with Gasteiger partial charge in [0.1, 0.15) is 11.6 Å². The van der Waals surface area contributed by atoms with E-state index in [1.54, 1.807) is 18.2 Å². The molecule has 0 aliphatic carbocycles. The van der Waals surface area contributed by atoms with Gasteiger partial charge in [0, 0.05) is 11.7 Å². The highest BCUT2D eigenvalue weighted by atomic mass is 79.9. The minimum absolute atomic E-state index is 0.0960. The molecule has 0 aliphatic rings. The van der Waals surface area contributed by atoms with E-state index in [-0.39, 0.29) is 17.7 Å². The third-order valence-corrected chi connectivity index (χ3v) is 3.29. The molecule has 0 saturated heterocycles. The average molecular weight is 312 g/mol. The van der Waals surface area contributed by atoms with Crippen molar-refractivity contribution in [2.75, 3.05) is 5.32 Å². The van der Waals surface area contributed by atoms with Gasteiger partial charge in [0.25, 0.3) is 0 Å². The highest BCUT2D eigenvalue weighted by Crippen LogP contribution is 2.23. The summed E-state index contributed by atoms with van der Waals surface area (Å²) in [6, 6.07) is 11.1. The number of nitrogens with one attached hydrogen (secondary N) is 1. The Kier molecular flexibility index (Phi) is 3.97. The van der Waals surface area contributed by atoms with E-state index in [2.05, 4.69) is 21.2 Å². The van der Waals surface area contributed by atoms with E-state index in [0.717, 1.165) is 5.56 Å². The Morgan fingerprint density at radius 2 is 1.89 bits per heavy atom. The van der Waals surface area contributed by atoms with E-state index in [1.165, 1.54) is 18.2 Å². The number of halogens is 3. The topological polar surface area (TPSA) is 12.0 Å². The molecule has 0 bridgehead atoms. The van der Waals surface area contributed by atoms with E-state index in [0.29, 0.717) is 10.2 Å². The zero-order valence-corrected chi connectivity index (χ0v) is 11.3. The van der Waals surface area contributed by atoms with Crippen LogP contribution in [0.1, 0.15) is 18.5 Å². The Balaban J connectivity index is 2.16. The molecule has 0 saturated carbocycles. The van der Waals surface area contributed by atoms with Crippen LogP contribution in [0, 0.1) is 11.6 Å². The van der Waals surface area contributed by atoms with Crippen molar-refractivity contribution in [1.29, 1.82) is 0 Å². The first-order valence-corrected chi connectivity index (χ1v) is 6.32. The fraction of sp³-hybridized carbons (Fsp3) is 0.143. The van der Waals surface area contributed by atoms with Crippen molar-refractivity contribution in [3.05, 3.63) is 64.1 Å². The predicted molar refractivity (Wildman–Crippen MR) is 72.5 cm³/mol. The summed E-state index contributed by atoms with van der Waals surface area (Å²) in [5.41, 5.74) is 1.48. The molecule has 0 heterocycles. The van der Waals surface area contributed by atoms with Crippen molar-refractivity contribution in [1.82, 2.24) is 0 Å². The number of rotatable bonds is 3. The Labute approximate surface area is 113 Å². The van der Waals surface area contributed by atoms with E-state index in [1.807, 2.05) is 13.0 Å². The molecule has 1 nitrogen and oxygen atoms in total. The molecule has 1 unspecified atom stereocenters. The van der Waals surface area contributed by atoms with Crippen LogP contribution in [0.15, 0.2) is 46.9 Å². The second-order valence-corrected chi connectivity index (χ2v) is 4.90. The van der Waals surface area contributed by atoms with E-state index >= 15 is 0 Å². The van der Waals surface area contributed by atoms with Crippen LogP contribution in [0.2, 0.25) is 0 Å². The second kappa shape index (κ2) is 5.48. The third kappa shape index (κ3) is 3.07. The van der Waals surface area contributed by atoms with Gasteiger partial charge in [-0.05, 0) is 58.7 Å². The maximum atomic E-state index is 13.3. The van der Waals surface area contributed by atoms with Gasteiger partial charge >= 0.3 is 0 Å². The summed E-state index contributed by atoms with van der Waals surface area (Å²) >= 11 is 3.10. The van der Waals surface area contributed by atoms with E-state index in [4.69, 9.17) is 0 Å². The minimum Gasteiger partial charge on any atom is -0.378 e. The average Bonchev–Trinajstić information content (AvgIpc) is 2.34. The van der Waals surface area contributed by atoms with E-state index < -0.39 is 0 Å². The van der Waals surface area contributed by atoms with Gasteiger partial charge in [0.2, 0.25) is 0 Å². The maximum absolute atomic E-state index is 13.3. The Bertz CT molecular complexity index is 557. The van der Waals surface area contributed by atoms with Crippen LogP contribution in [0.25, 0.3) is 0 Å². The van der Waals surface area contributed by atoms with Gasteiger partial charge in [-0.3, -0.25) is 0 Å². The van der Waals surface area contributed by atoms with E-state index in [9.17, 15) is 8.78 Å². The molecule has 0 radical (unpaired) electrons. The molecule has 94 valence electrons. The number of anilines is 1. The lowest BCUT2D eigenvalue weighted by atomic mass is 10.1. The first-order valence-electron chi connectivity index (χ1n) is 5.53. The Morgan fingerprint density at radius 1 is 1.11 bits per heavy atom. The quantitative estimate of drug-likeness (QED) is 0.850. The summed E-state index contributed by atoms with van der Waals surface area (Å²) in [6.45, 7) is 1.90. The first kappa shape index (κ1) is 13.0. The SMILES string of the molecule is CC(Nc1ccc(Br)c(F)c1)c1cccc(F)c1. The van der Waals surface area contributed by atoms with Crippen LogP contribution in [0.5, 0.6) is 0 Å². The Hall–Kier alpha value is -1.42. The second-order valence-electron chi connectivity index (χ2n) is 4.05. The molecule has 18 heavy (non-hydrogen) atoms. The van der Waals surface area contributed by atoms with Crippen molar-refractivity contribution < 1.29 is 8.78 Å². The van der Waals surface area contributed by atoms with Crippen molar-refractivity contribution in [2.45, 2.75) is 13.0 Å². The highest BCUT2D eigenvalue weighted by molar-refractivity contribution is 9.10. The highest BCUT2D eigenvalue weighted by Gasteiger charge is 2.07. The minimum atomic E-state index is -0.327. The fourth-order valence-corrected chi connectivity index (χ4v) is 1.94. The van der Waals surface area contributed by atoms with Crippen LogP contribution in [0.3, 0.4) is 0 Å². The lowest BCUT2D eigenvalue weighted by molar-refractivity contribution is 0.620. The van der Waals surface area contributed by atoms with Crippen LogP contribution < -0.4 is 5.32 Å². The predicted octanol–water partition coefficient (Wildman–Crippen LogP) is 4.90. The van der Waals surface area contributed by atoms with Crippen molar-refractivity contribution in [2.24, 2.45) is 0 Å². The molecule has 1 N–H and O–H groups in total.